The predicted molar refractivity (Wildman–Crippen MR) is 107 cm³/mol. The number of carbonyl (C=O) groups is 1. The van der Waals surface area contributed by atoms with Crippen molar-refractivity contribution >= 4 is 39.2 Å². The second-order valence-corrected chi connectivity index (χ2v) is 8.24. The fraction of sp³-hybridized carbons (Fsp3) is 0.0588. The summed E-state index contributed by atoms with van der Waals surface area (Å²) in [5.41, 5.74) is -0.138. The Morgan fingerprint density at radius 1 is 1.17 bits per heavy atom. The average Bonchev–Trinajstić information content (AvgIpc) is 2.66. The smallest absolute Gasteiger partial charge is 0.263 e. The SMILES string of the molecule is O=C(CSc1nc(O)cc(=O)[nH]1)Nc1ccc(S(=O)(=O)Nc2ccccn2)cc1. The van der Waals surface area contributed by atoms with Gasteiger partial charge in [-0.25, -0.2) is 13.4 Å². The number of hydrogen-bond acceptors (Lipinski definition) is 8. The number of aromatic nitrogens is 3. The minimum absolute atomic E-state index is 0.0112. The minimum Gasteiger partial charge on any atom is -0.493 e. The Labute approximate surface area is 169 Å². The van der Waals surface area contributed by atoms with Gasteiger partial charge in [-0.3, -0.25) is 14.3 Å². The van der Waals surface area contributed by atoms with E-state index in [4.69, 9.17) is 0 Å². The zero-order chi connectivity index (χ0) is 20.9. The number of H-pyrrole nitrogens is 1. The average molecular weight is 433 g/mol. The minimum atomic E-state index is -3.81. The van der Waals surface area contributed by atoms with Gasteiger partial charge in [0.25, 0.3) is 15.6 Å². The first-order valence-electron chi connectivity index (χ1n) is 8.09. The van der Waals surface area contributed by atoms with E-state index in [0.29, 0.717) is 5.69 Å². The summed E-state index contributed by atoms with van der Waals surface area (Å²) in [5, 5.41) is 12.0. The van der Waals surface area contributed by atoms with Gasteiger partial charge in [-0.1, -0.05) is 17.8 Å². The number of amides is 1. The highest BCUT2D eigenvalue weighted by molar-refractivity contribution is 7.99. The molecule has 0 spiro atoms. The standard InChI is InChI=1S/C17H15N5O5S2/c23-14-9-15(24)21-17(20-14)28-10-16(25)19-11-4-6-12(7-5-11)29(26,27)22-13-3-1-2-8-18-13/h1-9H,10H2,(H,18,22)(H,19,25)(H2,20,21,23,24). The maximum atomic E-state index is 12.4. The van der Waals surface area contributed by atoms with E-state index in [1.165, 1.54) is 36.5 Å². The molecule has 3 aromatic rings. The van der Waals surface area contributed by atoms with Gasteiger partial charge in [0, 0.05) is 11.9 Å². The number of aromatic amines is 1. The zero-order valence-electron chi connectivity index (χ0n) is 14.7. The van der Waals surface area contributed by atoms with Gasteiger partial charge in [0.2, 0.25) is 11.8 Å². The van der Waals surface area contributed by atoms with Crippen LogP contribution in [0, 0.1) is 0 Å². The Morgan fingerprint density at radius 2 is 1.93 bits per heavy atom. The first kappa shape index (κ1) is 20.4. The highest BCUT2D eigenvalue weighted by Crippen LogP contribution is 2.18. The number of sulfonamides is 1. The topological polar surface area (TPSA) is 154 Å². The number of aromatic hydroxyl groups is 1. The third-order valence-electron chi connectivity index (χ3n) is 3.40. The number of benzene rings is 1. The summed E-state index contributed by atoms with van der Waals surface area (Å²) in [6, 6.07) is 11.4. The summed E-state index contributed by atoms with van der Waals surface area (Å²) >= 11 is 0.933. The number of nitrogens with one attached hydrogen (secondary N) is 3. The predicted octanol–water partition coefficient (Wildman–Crippen LogP) is 1.40. The second-order valence-electron chi connectivity index (χ2n) is 5.59. The van der Waals surface area contributed by atoms with Crippen molar-refractivity contribution in [3.8, 4) is 5.88 Å². The molecule has 2 aromatic heterocycles. The molecule has 10 nitrogen and oxygen atoms in total. The number of thioether (sulfide) groups is 1. The van der Waals surface area contributed by atoms with Gasteiger partial charge >= 0.3 is 0 Å². The molecule has 1 aromatic carbocycles. The summed E-state index contributed by atoms with van der Waals surface area (Å²) in [7, 11) is -3.81. The highest BCUT2D eigenvalue weighted by atomic mass is 32.2. The molecule has 2 heterocycles. The van der Waals surface area contributed by atoms with Crippen molar-refractivity contribution in [2.24, 2.45) is 0 Å². The van der Waals surface area contributed by atoms with E-state index in [1.807, 2.05) is 0 Å². The molecular formula is C17H15N5O5S2. The highest BCUT2D eigenvalue weighted by Gasteiger charge is 2.15. The third kappa shape index (κ3) is 5.80. The number of pyridine rings is 1. The first-order valence-corrected chi connectivity index (χ1v) is 10.6. The van der Waals surface area contributed by atoms with Gasteiger partial charge in [-0.2, -0.15) is 4.98 Å². The van der Waals surface area contributed by atoms with Crippen molar-refractivity contribution in [1.29, 1.82) is 0 Å². The number of nitrogens with zero attached hydrogens (tertiary/aromatic N) is 2. The molecule has 12 heteroatoms. The maximum Gasteiger partial charge on any atom is 0.263 e. The molecule has 0 unspecified atom stereocenters. The largest absolute Gasteiger partial charge is 0.493 e. The quantitative estimate of drug-likeness (QED) is 0.322. The van der Waals surface area contributed by atoms with Gasteiger partial charge < -0.3 is 15.4 Å². The van der Waals surface area contributed by atoms with E-state index in [1.54, 1.807) is 12.1 Å². The van der Waals surface area contributed by atoms with Crippen LogP contribution in [0.3, 0.4) is 0 Å². The van der Waals surface area contributed by atoms with Crippen LogP contribution >= 0.6 is 11.8 Å². The molecule has 3 rings (SSSR count). The molecular weight excluding hydrogens is 418 g/mol. The van der Waals surface area contributed by atoms with Crippen LogP contribution in [0.1, 0.15) is 0 Å². The summed E-state index contributed by atoms with van der Waals surface area (Å²) in [5.74, 6) is -0.718. The molecule has 150 valence electrons. The normalized spacial score (nSPS) is 11.0. The van der Waals surface area contributed by atoms with Crippen LogP contribution in [-0.4, -0.2) is 40.1 Å². The van der Waals surface area contributed by atoms with Crippen LogP contribution in [0.25, 0.3) is 0 Å². The van der Waals surface area contributed by atoms with E-state index >= 15 is 0 Å². The fourth-order valence-corrected chi connectivity index (χ4v) is 3.84. The lowest BCUT2D eigenvalue weighted by atomic mass is 10.3. The van der Waals surface area contributed by atoms with E-state index in [2.05, 4.69) is 25.0 Å². The lowest BCUT2D eigenvalue weighted by molar-refractivity contribution is -0.113. The molecule has 0 aliphatic rings. The summed E-state index contributed by atoms with van der Waals surface area (Å²) in [6.07, 6.45) is 1.47. The second kappa shape index (κ2) is 8.75. The fourth-order valence-electron chi connectivity index (χ4n) is 2.16. The van der Waals surface area contributed by atoms with E-state index in [9.17, 15) is 23.1 Å². The molecule has 29 heavy (non-hydrogen) atoms. The molecule has 0 aliphatic carbocycles. The first-order chi connectivity index (χ1) is 13.8. The molecule has 0 bridgehead atoms. The number of rotatable bonds is 7. The van der Waals surface area contributed by atoms with Crippen LogP contribution in [-0.2, 0) is 14.8 Å². The van der Waals surface area contributed by atoms with E-state index in [-0.39, 0.29) is 21.6 Å². The molecule has 0 saturated carbocycles. The Balaban J connectivity index is 1.59. The molecule has 0 saturated heterocycles. The summed E-state index contributed by atoms with van der Waals surface area (Å²) in [6.45, 7) is 0. The summed E-state index contributed by atoms with van der Waals surface area (Å²) < 4.78 is 27.1. The van der Waals surface area contributed by atoms with Gasteiger partial charge in [0.1, 0.15) is 5.82 Å². The molecule has 0 aliphatic heterocycles. The molecule has 0 fully saturated rings. The third-order valence-corrected chi connectivity index (χ3v) is 5.64. The van der Waals surface area contributed by atoms with E-state index < -0.39 is 27.4 Å². The van der Waals surface area contributed by atoms with Crippen molar-refractivity contribution in [2.45, 2.75) is 10.1 Å². The lowest BCUT2D eigenvalue weighted by Crippen LogP contribution is -2.16. The van der Waals surface area contributed by atoms with Crippen LogP contribution in [0.4, 0.5) is 11.5 Å². The Hall–Kier alpha value is -3.38. The zero-order valence-corrected chi connectivity index (χ0v) is 16.3. The Bertz CT molecular complexity index is 1160. The monoisotopic (exact) mass is 433 g/mol. The molecule has 4 N–H and O–H groups in total. The molecule has 0 radical (unpaired) electrons. The maximum absolute atomic E-state index is 12.4. The number of hydrogen-bond donors (Lipinski definition) is 4. The molecule has 0 atom stereocenters. The van der Waals surface area contributed by atoms with Crippen LogP contribution in [0.5, 0.6) is 5.88 Å². The molecule has 1 amide bonds. The van der Waals surface area contributed by atoms with Crippen LogP contribution in [0.15, 0.2) is 69.6 Å². The van der Waals surface area contributed by atoms with Gasteiger partial charge in [-0.15, -0.1) is 0 Å². The van der Waals surface area contributed by atoms with Crippen molar-refractivity contribution in [3.05, 3.63) is 65.1 Å². The van der Waals surface area contributed by atoms with Crippen molar-refractivity contribution in [1.82, 2.24) is 15.0 Å². The number of carbonyl (C=O) groups excluding carboxylic acids is 1. The van der Waals surface area contributed by atoms with Gasteiger partial charge in [0.15, 0.2) is 5.16 Å². The van der Waals surface area contributed by atoms with Crippen LogP contribution < -0.4 is 15.6 Å². The van der Waals surface area contributed by atoms with Crippen molar-refractivity contribution < 1.29 is 18.3 Å². The lowest BCUT2D eigenvalue weighted by Gasteiger charge is -2.09. The Kier molecular flexibility index (Phi) is 6.14. The summed E-state index contributed by atoms with van der Waals surface area (Å²) in [4.78, 5) is 33.3. The van der Waals surface area contributed by atoms with Gasteiger partial charge in [0.05, 0.1) is 16.7 Å². The Morgan fingerprint density at radius 3 is 2.59 bits per heavy atom. The van der Waals surface area contributed by atoms with Crippen molar-refractivity contribution in [3.63, 3.8) is 0 Å². The van der Waals surface area contributed by atoms with Crippen LogP contribution in [0.2, 0.25) is 0 Å². The van der Waals surface area contributed by atoms with Crippen molar-refractivity contribution in [2.75, 3.05) is 15.8 Å². The van der Waals surface area contributed by atoms with Gasteiger partial charge in [-0.05, 0) is 36.4 Å². The van der Waals surface area contributed by atoms with E-state index in [0.717, 1.165) is 17.8 Å². The number of anilines is 2.